The van der Waals surface area contributed by atoms with E-state index in [9.17, 15) is 16.8 Å². The van der Waals surface area contributed by atoms with Crippen LogP contribution in [0.1, 0.15) is 24.0 Å². The second kappa shape index (κ2) is 7.63. The molecule has 1 fully saturated rings. The van der Waals surface area contributed by atoms with Crippen LogP contribution in [0.15, 0.2) is 41.3 Å². The highest BCUT2D eigenvalue weighted by atomic mass is 32.2. The molecule has 28 heavy (non-hydrogen) atoms. The van der Waals surface area contributed by atoms with Gasteiger partial charge < -0.3 is 4.74 Å². The van der Waals surface area contributed by atoms with Gasteiger partial charge in [0, 0.05) is 12.2 Å². The molecule has 0 unspecified atom stereocenters. The lowest BCUT2D eigenvalue weighted by atomic mass is 10.1. The molecule has 9 heteroatoms. The third kappa shape index (κ3) is 4.10. The molecule has 1 saturated heterocycles. The van der Waals surface area contributed by atoms with Crippen LogP contribution in [0.5, 0.6) is 5.75 Å². The van der Waals surface area contributed by atoms with Crippen molar-refractivity contribution in [3.8, 4) is 5.75 Å². The van der Waals surface area contributed by atoms with Crippen LogP contribution >= 0.6 is 0 Å². The molecule has 0 saturated carbocycles. The molecule has 152 valence electrons. The molecule has 3 rings (SSSR count). The molecule has 0 radical (unpaired) electrons. The molecule has 0 aliphatic carbocycles. The van der Waals surface area contributed by atoms with Gasteiger partial charge in [0.05, 0.1) is 23.4 Å². The van der Waals surface area contributed by atoms with E-state index in [1.807, 2.05) is 0 Å². The number of benzene rings is 2. The van der Waals surface area contributed by atoms with Crippen molar-refractivity contribution in [1.29, 1.82) is 0 Å². The summed E-state index contributed by atoms with van der Waals surface area (Å²) >= 11 is 0. The van der Waals surface area contributed by atoms with Gasteiger partial charge in [-0.05, 0) is 74.2 Å². The van der Waals surface area contributed by atoms with Gasteiger partial charge in [-0.15, -0.1) is 0 Å². The summed E-state index contributed by atoms with van der Waals surface area (Å²) < 4.78 is 59.6. The minimum atomic E-state index is -3.83. The molecule has 0 bridgehead atoms. The lowest BCUT2D eigenvalue weighted by Gasteiger charge is -2.29. The first-order chi connectivity index (χ1) is 13.1. The van der Waals surface area contributed by atoms with E-state index in [0.717, 1.165) is 6.42 Å². The molecule has 1 aliphatic heterocycles. The molecular weight excluding hydrogens is 400 g/mol. The number of nitrogens with one attached hydrogen (secondary N) is 1. The van der Waals surface area contributed by atoms with Crippen molar-refractivity contribution in [2.45, 2.75) is 31.6 Å². The number of ether oxygens (including phenoxy) is 1. The van der Waals surface area contributed by atoms with E-state index in [4.69, 9.17) is 4.74 Å². The zero-order chi connectivity index (χ0) is 20.5. The maximum Gasteiger partial charge on any atom is 0.262 e. The Morgan fingerprint density at radius 2 is 1.64 bits per heavy atom. The molecular formula is C19H24N2O5S2. The van der Waals surface area contributed by atoms with Crippen molar-refractivity contribution in [2.75, 3.05) is 28.4 Å². The number of hydrogen-bond acceptors (Lipinski definition) is 5. The molecule has 7 nitrogen and oxygen atoms in total. The molecule has 1 N–H and O–H groups in total. The van der Waals surface area contributed by atoms with E-state index < -0.39 is 20.0 Å². The van der Waals surface area contributed by atoms with E-state index in [0.29, 0.717) is 41.2 Å². The summed E-state index contributed by atoms with van der Waals surface area (Å²) in [6, 6.07) is 9.83. The van der Waals surface area contributed by atoms with Crippen molar-refractivity contribution in [3.05, 3.63) is 47.5 Å². The first-order valence-corrected chi connectivity index (χ1v) is 12.0. The Bertz CT molecular complexity index is 1050. The highest BCUT2D eigenvalue weighted by Crippen LogP contribution is 2.31. The monoisotopic (exact) mass is 424 g/mol. The quantitative estimate of drug-likeness (QED) is 0.796. The summed E-state index contributed by atoms with van der Waals surface area (Å²) in [7, 11) is -5.65. The number of methoxy groups -OCH3 is 1. The summed E-state index contributed by atoms with van der Waals surface area (Å²) in [5.74, 6) is 0.742. The number of sulfonamides is 2. The van der Waals surface area contributed by atoms with Gasteiger partial charge in [0.15, 0.2) is 0 Å². The fraction of sp³-hybridized carbons (Fsp3) is 0.368. The standard InChI is InChI=1S/C19H24N2O5S2/c1-14-12-17(21-10-4-5-11-27(21,22)23)13-15(2)19(14)28(24,25)20-16-6-8-18(26-3)9-7-16/h6-9,12-13,20H,4-5,10-11H2,1-3H3. The zero-order valence-corrected chi connectivity index (χ0v) is 17.7. The largest absolute Gasteiger partial charge is 0.497 e. The summed E-state index contributed by atoms with van der Waals surface area (Å²) in [6.45, 7) is 3.77. The highest BCUT2D eigenvalue weighted by molar-refractivity contribution is 7.93. The second-order valence-electron chi connectivity index (χ2n) is 6.84. The summed E-state index contributed by atoms with van der Waals surface area (Å²) in [4.78, 5) is 0.154. The third-order valence-corrected chi connectivity index (χ3v) is 8.25. The molecule has 0 aromatic heterocycles. The molecule has 0 amide bonds. The fourth-order valence-corrected chi connectivity index (χ4v) is 6.58. The maximum absolute atomic E-state index is 12.9. The summed E-state index contributed by atoms with van der Waals surface area (Å²) in [5.41, 5.74) is 1.92. The van der Waals surface area contributed by atoms with Crippen molar-refractivity contribution in [2.24, 2.45) is 0 Å². The first kappa shape index (κ1) is 20.5. The van der Waals surface area contributed by atoms with Crippen LogP contribution in [0, 0.1) is 13.8 Å². The lowest BCUT2D eigenvalue weighted by Crippen LogP contribution is -2.38. The lowest BCUT2D eigenvalue weighted by molar-refractivity contribution is 0.415. The minimum Gasteiger partial charge on any atom is -0.497 e. The van der Waals surface area contributed by atoms with Gasteiger partial charge in [-0.1, -0.05) is 0 Å². The van der Waals surface area contributed by atoms with Gasteiger partial charge in [0.25, 0.3) is 10.0 Å². The number of hydrogen-bond donors (Lipinski definition) is 1. The van der Waals surface area contributed by atoms with Crippen LogP contribution in [-0.4, -0.2) is 36.2 Å². The number of anilines is 2. The normalized spacial score (nSPS) is 16.6. The van der Waals surface area contributed by atoms with Crippen LogP contribution in [0.25, 0.3) is 0 Å². The molecule has 2 aromatic carbocycles. The van der Waals surface area contributed by atoms with Gasteiger partial charge in [0.2, 0.25) is 10.0 Å². The van der Waals surface area contributed by atoms with Crippen LogP contribution in [0.3, 0.4) is 0 Å². The average Bonchev–Trinajstić information content (AvgIpc) is 2.60. The van der Waals surface area contributed by atoms with E-state index in [-0.39, 0.29) is 10.6 Å². The molecule has 2 aromatic rings. The topological polar surface area (TPSA) is 92.8 Å². The molecule has 0 atom stereocenters. The Morgan fingerprint density at radius 3 is 2.18 bits per heavy atom. The highest BCUT2D eigenvalue weighted by Gasteiger charge is 2.28. The van der Waals surface area contributed by atoms with Crippen molar-refractivity contribution in [1.82, 2.24) is 0 Å². The van der Waals surface area contributed by atoms with Crippen molar-refractivity contribution >= 4 is 31.4 Å². The summed E-state index contributed by atoms with van der Waals surface area (Å²) in [5, 5.41) is 0. The minimum absolute atomic E-state index is 0.115. The number of nitrogens with zero attached hydrogens (tertiary/aromatic N) is 1. The van der Waals surface area contributed by atoms with E-state index in [1.165, 1.54) is 11.4 Å². The Balaban J connectivity index is 1.95. The van der Waals surface area contributed by atoms with Gasteiger partial charge in [-0.2, -0.15) is 0 Å². The predicted molar refractivity (Wildman–Crippen MR) is 110 cm³/mol. The smallest absolute Gasteiger partial charge is 0.262 e. The Hall–Kier alpha value is -2.26. The third-order valence-electron chi connectivity index (χ3n) is 4.69. The second-order valence-corrected chi connectivity index (χ2v) is 10.5. The molecule has 0 spiro atoms. The Morgan fingerprint density at radius 1 is 1.04 bits per heavy atom. The summed E-state index contributed by atoms with van der Waals surface area (Å²) in [6.07, 6.45) is 1.44. The van der Waals surface area contributed by atoms with Crippen LogP contribution < -0.4 is 13.8 Å². The van der Waals surface area contributed by atoms with Gasteiger partial charge >= 0.3 is 0 Å². The number of aryl methyl sites for hydroxylation is 2. The zero-order valence-electron chi connectivity index (χ0n) is 16.1. The van der Waals surface area contributed by atoms with Crippen molar-refractivity contribution < 1.29 is 21.6 Å². The van der Waals surface area contributed by atoms with Crippen LogP contribution in [0.2, 0.25) is 0 Å². The molecule has 1 aliphatic rings. The van der Waals surface area contributed by atoms with Gasteiger partial charge in [-0.25, -0.2) is 16.8 Å². The van der Waals surface area contributed by atoms with Crippen molar-refractivity contribution in [3.63, 3.8) is 0 Å². The average molecular weight is 425 g/mol. The fourth-order valence-electron chi connectivity index (χ4n) is 3.44. The Kier molecular flexibility index (Phi) is 5.58. The first-order valence-electron chi connectivity index (χ1n) is 8.92. The predicted octanol–water partition coefficient (Wildman–Crippen LogP) is 3.04. The molecule has 1 heterocycles. The number of rotatable bonds is 5. The van der Waals surface area contributed by atoms with Gasteiger partial charge in [-0.3, -0.25) is 9.03 Å². The van der Waals surface area contributed by atoms with Crippen LogP contribution in [0.4, 0.5) is 11.4 Å². The van der Waals surface area contributed by atoms with E-state index in [2.05, 4.69) is 4.72 Å². The van der Waals surface area contributed by atoms with Gasteiger partial charge in [0.1, 0.15) is 5.75 Å². The van der Waals surface area contributed by atoms with E-state index >= 15 is 0 Å². The van der Waals surface area contributed by atoms with Crippen LogP contribution in [-0.2, 0) is 20.0 Å². The Labute approximate surface area is 166 Å². The maximum atomic E-state index is 12.9. The van der Waals surface area contributed by atoms with E-state index in [1.54, 1.807) is 50.2 Å². The SMILES string of the molecule is COc1ccc(NS(=O)(=O)c2c(C)cc(N3CCCCS3(=O)=O)cc2C)cc1.